The second kappa shape index (κ2) is 6.67. The molecule has 0 saturated heterocycles. The summed E-state index contributed by atoms with van der Waals surface area (Å²) in [6.07, 6.45) is 0.351. The maximum atomic E-state index is 13.2. The molecule has 0 bridgehead atoms. The summed E-state index contributed by atoms with van der Waals surface area (Å²) in [6.45, 7) is 1.62. The first-order chi connectivity index (χ1) is 10.1. The molecule has 1 N–H and O–H groups in total. The molecule has 106 valence electrons. The van der Waals surface area contributed by atoms with Crippen LogP contribution >= 0.6 is 0 Å². The fourth-order valence-electron chi connectivity index (χ4n) is 2.00. The van der Waals surface area contributed by atoms with Gasteiger partial charge in [0.2, 0.25) is 5.91 Å². The van der Waals surface area contributed by atoms with Crippen molar-refractivity contribution >= 4 is 11.6 Å². The van der Waals surface area contributed by atoms with Gasteiger partial charge in [0.1, 0.15) is 11.7 Å². The molecule has 0 aliphatic heterocycles. The Morgan fingerprint density at radius 3 is 2.62 bits per heavy atom. The lowest BCUT2D eigenvalue weighted by Gasteiger charge is -2.11. The molecular formula is C17H15FN2O. The molecular weight excluding hydrogens is 267 g/mol. The van der Waals surface area contributed by atoms with Gasteiger partial charge in [-0.15, -0.1) is 0 Å². The molecule has 0 spiro atoms. The fourth-order valence-corrected chi connectivity index (χ4v) is 2.00. The van der Waals surface area contributed by atoms with Crippen LogP contribution < -0.4 is 5.32 Å². The van der Waals surface area contributed by atoms with E-state index in [9.17, 15) is 9.18 Å². The first-order valence-corrected chi connectivity index (χ1v) is 6.60. The molecule has 0 aromatic heterocycles. The minimum atomic E-state index is -0.780. The number of nitrogens with zero attached hydrogens (tertiary/aromatic N) is 1. The van der Waals surface area contributed by atoms with Gasteiger partial charge < -0.3 is 5.32 Å². The largest absolute Gasteiger partial charge is 0.325 e. The van der Waals surface area contributed by atoms with Crippen molar-refractivity contribution in [2.45, 2.75) is 13.3 Å². The van der Waals surface area contributed by atoms with E-state index in [1.54, 1.807) is 13.0 Å². The van der Waals surface area contributed by atoms with E-state index in [4.69, 9.17) is 5.26 Å². The zero-order valence-corrected chi connectivity index (χ0v) is 11.6. The van der Waals surface area contributed by atoms with E-state index in [0.29, 0.717) is 17.7 Å². The summed E-state index contributed by atoms with van der Waals surface area (Å²) in [7, 11) is 0. The van der Waals surface area contributed by atoms with Crippen LogP contribution in [0.25, 0.3) is 0 Å². The van der Waals surface area contributed by atoms with E-state index in [0.717, 1.165) is 5.56 Å². The Kier molecular flexibility index (Phi) is 4.68. The van der Waals surface area contributed by atoms with Gasteiger partial charge in [-0.2, -0.15) is 5.26 Å². The average Bonchev–Trinajstić information content (AvgIpc) is 2.49. The average molecular weight is 282 g/mol. The Morgan fingerprint density at radius 2 is 2.00 bits per heavy atom. The molecule has 1 unspecified atom stereocenters. The lowest BCUT2D eigenvalue weighted by Crippen LogP contribution is -2.23. The third kappa shape index (κ3) is 3.90. The van der Waals surface area contributed by atoms with E-state index >= 15 is 0 Å². The van der Waals surface area contributed by atoms with Crippen LogP contribution in [0, 0.1) is 30.0 Å². The van der Waals surface area contributed by atoms with Gasteiger partial charge >= 0.3 is 0 Å². The summed E-state index contributed by atoms with van der Waals surface area (Å²) in [5.74, 6) is -1.49. The predicted molar refractivity (Wildman–Crippen MR) is 79.0 cm³/mol. The Labute approximate surface area is 123 Å². The number of halogens is 1. The van der Waals surface area contributed by atoms with Gasteiger partial charge in [-0.3, -0.25) is 4.79 Å². The van der Waals surface area contributed by atoms with Crippen LogP contribution in [0.15, 0.2) is 48.5 Å². The van der Waals surface area contributed by atoms with Crippen LogP contribution in [0.5, 0.6) is 0 Å². The van der Waals surface area contributed by atoms with Crippen molar-refractivity contribution in [1.82, 2.24) is 0 Å². The Bertz CT molecular complexity index is 677. The van der Waals surface area contributed by atoms with Crippen LogP contribution in [0.3, 0.4) is 0 Å². The maximum absolute atomic E-state index is 13.2. The van der Waals surface area contributed by atoms with Crippen LogP contribution in [0.1, 0.15) is 11.1 Å². The third-order valence-electron chi connectivity index (χ3n) is 3.18. The summed E-state index contributed by atoms with van der Waals surface area (Å²) in [5, 5.41) is 11.8. The molecule has 0 fully saturated rings. The van der Waals surface area contributed by atoms with Crippen molar-refractivity contribution in [3.05, 3.63) is 65.5 Å². The molecule has 1 amide bonds. The fraction of sp³-hybridized carbons (Fsp3) is 0.176. The van der Waals surface area contributed by atoms with Crippen molar-refractivity contribution in [3.63, 3.8) is 0 Å². The topological polar surface area (TPSA) is 52.9 Å². The lowest BCUT2D eigenvalue weighted by molar-refractivity contribution is -0.118. The number of nitrogens with one attached hydrogen (secondary N) is 1. The highest BCUT2D eigenvalue weighted by Crippen LogP contribution is 2.16. The first kappa shape index (κ1) is 14.7. The second-order valence-corrected chi connectivity index (χ2v) is 4.82. The number of carbonyl (C=O) groups excluding carboxylic acids is 1. The van der Waals surface area contributed by atoms with E-state index in [1.165, 1.54) is 12.1 Å². The van der Waals surface area contributed by atoms with Crippen molar-refractivity contribution in [1.29, 1.82) is 5.26 Å². The third-order valence-corrected chi connectivity index (χ3v) is 3.18. The minimum Gasteiger partial charge on any atom is -0.325 e. The Hall–Kier alpha value is -2.67. The minimum absolute atomic E-state index is 0.325. The number of carbonyl (C=O) groups is 1. The molecule has 0 aliphatic rings. The molecule has 2 aromatic carbocycles. The molecule has 0 aliphatic carbocycles. The van der Waals surface area contributed by atoms with Gasteiger partial charge in [-0.05, 0) is 42.7 Å². The smallest absolute Gasteiger partial charge is 0.242 e. The van der Waals surface area contributed by atoms with Gasteiger partial charge in [0.15, 0.2) is 0 Å². The van der Waals surface area contributed by atoms with Gasteiger partial charge in [0.05, 0.1) is 6.07 Å². The summed E-state index contributed by atoms with van der Waals surface area (Å²) in [5.41, 5.74) is 1.87. The van der Waals surface area contributed by atoms with Gasteiger partial charge in [-0.1, -0.05) is 30.3 Å². The van der Waals surface area contributed by atoms with E-state index < -0.39 is 5.92 Å². The van der Waals surface area contributed by atoms with Gasteiger partial charge in [-0.25, -0.2) is 4.39 Å². The normalized spacial score (nSPS) is 11.5. The van der Waals surface area contributed by atoms with Crippen LogP contribution in [0.4, 0.5) is 10.1 Å². The maximum Gasteiger partial charge on any atom is 0.242 e. The second-order valence-electron chi connectivity index (χ2n) is 4.82. The monoisotopic (exact) mass is 282 g/mol. The zero-order chi connectivity index (χ0) is 15.2. The van der Waals surface area contributed by atoms with Crippen LogP contribution in [0.2, 0.25) is 0 Å². The highest BCUT2D eigenvalue weighted by atomic mass is 19.1. The highest BCUT2D eigenvalue weighted by Gasteiger charge is 2.18. The van der Waals surface area contributed by atoms with Crippen molar-refractivity contribution < 1.29 is 9.18 Å². The molecule has 21 heavy (non-hydrogen) atoms. The SMILES string of the molecule is Cc1cc(NC(=O)C(C#N)Cc2ccccc2)ccc1F. The first-order valence-electron chi connectivity index (χ1n) is 6.60. The highest BCUT2D eigenvalue weighted by molar-refractivity contribution is 5.94. The molecule has 4 heteroatoms. The number of aryl methyl sites for hydroxylation is 1. The summed E-state index contributed by atoms with van der Waals surface area (Å²) < 4.78 is 13.2. The zero-order valence-electron chi connectivity index (χ0n) is 11.6. The molecule has 1 atom stereocenters. The van der Waals surface area contributed by atoms with Crippen molar-refractivity contribution in [2.24, 2.45) is 5.92 Å². The van der Waals surface area contributed by atoms with E-state index in [1.807, 2.05) is 36.4 Å². The number of rotatable bonds is 4. The van der Waals surface area contributed by atoms with Crippen molar-refractivity contribution in [3.8, 4) is 6.07 Å². The summed E-state index contributed by atoms with van der Waals surface area (Å²) in [4.78, 5) is 12.1. The van der Waals surface area contributed by atoms with Crippen LogP contribution in [-0.4, -0.2) is 5.91 Å². The molecule has 0 radical (unpaired) electrons. The molecule has 0 saturated carbocycles. The lowest BCUT2D eigenvalue weighted by atomic mass is 10.00. The Balaban J connectivity index is 2.07. The van der Waals surface area contributed by atoms with Crippen LogP contribution in [-0.2, 0) is 11.2 Å². The quantitative estimate of drug-likeness (QED) is 0.933. The predicted octanol–water partition coefficient (Wildman–Crippen LogP) is 3.46. The number of anilines is 1. The van der Waals surface area contributed by atoms with E-state index in [2.05, 4.69) is 5.32 Å². The molecule has 3 nitrogen and oxygen atoms in total. The molecule has 2 aromatic rings. The molecule has 2 rings (SSSR count). The van der Waals surface area contributed by atoms with E-state index in [-0.39, 0.29) is 11.7 Å². The standard InChI is InChI=1S/C17H15FN2O/c1-12-9-15(7-8-16(12)18)20-17(21)14(11-19)10-13-5-3-2-4-6-13/h2-9,14H,10H2,1H3,(H,20,21). The van der Waals surface area contributed by atoms with Gasteiger partial charge in [0, 0.05) is 5.69 Å². The van der Waals surface area contributed by atoms with Gasteiger partial charge in [0.25, 0.3) is 0 Å². The number of hydrogen-bond acceptors (Lipinski definition) is 2. The summed E-state index contributed by atoms with van der Waals surface area (Å²) >= 11 is 0. The number of hydrogen-bond donors (Lipinski definition) is 1. The summed E-state index contributed by atoms with van der Waals surface area (Å²) in [6, 6.07) is 15.7. The number of benzene rings is 2. The Morgan fingerprint density at radius 1 is 1.29 bits per heavy atom. The number of amides is 1. The van der Waals surface area contributed by atoms with Crippen molar-refractivity contribution in [2.75, 3.05) is 5.32 Å². The molecule has 0 heterocycles. The number of nitriles is 1.